The lowest BCUT2D eigenvalue weighted by molar-refractivity contribution is -0.137. The van der Waals surface area contributed by atoms with Gasteiger partial charge in [-0.15, -0.1) is 0 Å². The van der Waals surface area contributed by atoms with Gasteiger partial charge < -0.3 is 19.2 Å². The Labute approximate surface area is 184 Å². The summed E-state index contributed by atoms with van der Waals surface area (Å²) in [6.45, 7) is 1.57. The van der Waals surface area contributed by atoms with Crippen LogP contribution in [0.1, 0.15) is 21.8 Å². The number of carbonyl (C=O) groups is 1. The molecule has 4 heterocycles. The number of alkyl halides is 3. The first-order chi connectivity index (χ1) is 15.9. The van der Waals surface area contributed by atoms with Crippen LogP contribution in [0.5, 0.6) is 0 Å². The quantitative estimate of drug-likeness (QED) is 0.487. The van der Waals surface area contributed by atoms with Crippen LogP contribution in [0.2, 0.25) is 0 Å². The van der Waals surface area contributed by atoms with Gasteiger partial charge >= 0.3 is 6.18 Å². The summed E-state index contributed by atoms with van der Waals surface area (Å²) >= 11 is 0. The van der Waals surface area contributed by atoms with E-state index in [1.54, 1.807) is 18.3 Å². The summed E-state index contributed by atoms with van der Waals surface area (Å²) in [5.74, 6) is -1.82. The molecule has 1 atom stereocenters. The van der Waals surface area contributed by atoms with Crippen LogP contribution in [0, 0.1) is 0 Å². The van der Waals surface area contributed by atoms with Gasteiger partial charge in [-0.25, -0.2) is 9.97 Å². The van der Waals surface area contributed by atoms with Crippen LogP contribution in [-0.2, 0) is 28.7 Å². The summed E-state index contributed by atoms with van der Waals surface area (Å²) < 4.78 is 60.2. The van der Waals surface area contributed by atoms with Crippen molar-refractivity contribution in [3.05, 3.63) is 53.9 Å². The van der Waals surface area contributed by atoms with E-state index in [9.17, 15) is 18.0 Å². The van der Waals surface area contributed by atoms with Gasteiger partial charge in [-0.3, -0.25) is 9.48 Å². The van der Waals surface area contributed by atoms with Crippen molar-refractivity contribution < 1.29 is 31.9 Å². The molecule has 1 amide bonds. The first-order valence-corrected chi connectivity index (χ1v) is 10.1. The molecule has 0 unspecified atom stereocenters. The Bertz CT molecular complexity index is 1300. The molecule has 172 valence electrons. The number of ether oxygens (including phenoxy) is 2. The van der Waals surface area contributed by atoms with E-state index in [1.165, 1.54) is 23.3 Å². The van der Waals surface area contributed by atoms with Gasteiger partial charge in [0.05, 0.1) is 44.0 Å². The monoisotopic (exact) mass is 461 g/mol. The van der Waals surface area contributed by atoms with Crippen molar-refractivity contribution in [1.29, 1.82) is 0 Å². The maximum Gasteiger partial charge on any atom is 0.421 e. The lowest BCUT2D eigenvalue weighted by atomic mass is 10.1. The fourth-order valence-electron chi connectivity index (χ4n) is 3.77. The highest BCUT2D eigenvalue weighted by Crippen LogP contribution is 2.42. The second kappa shape index (κ2) is 8.45. The Morgan fingerprint density at radius 3 is 2.85 bits per heavy atom. The van der Waals surface area contributed by atoms with Gasteiger partial charge in [-0.2, -0.15) is 18.3 Å². The average Bonchev–Trinajstić information content (AvgIpc) is 3.39. The Balaban J connectivity index is 1.53. The molecule has 1 fully saturated rings. The van der Waals surface area contributed by atoms with E-state index in [-0.39, 0.29) is 29.1 Å². The molecule has 1 aliphatic heterocycles. The van der Waals surface area contributed by atoms with Crippen LogP contribution in [0.4, 0.5) is 13.2 Å². The molecule has 0 saturated carbocycles. The molecule has 1 aliphatic rings. The van der Waals surface area contributed by atoms with Gasteiger partial charge in [0.15, 0.2) is 0 Å². The van der Waals surface area contributed by atoms with Crippen molar-refractivity contribution in [2.24, 2.45) is 0 Å². The fourth-order valence-corrected chi connectivity index (χ4v) is 3.77. The molecule has 0 bridgehead atoms. The number of hydrogen-bond donors (Lipinski definition) is 1. The topological polar surface area (TPSA) is 104 Å². The first-order valence-electron chi connectivity index (χ1n) is 10.1. The van der Waals surface area contributed by atoms with E-state index in [1.807, 2.05) is 0 Å². The van der Waals surface area contributed by atoms with Gasteiger partial charge in [0.1, 0.15) is 29.1 Å². The van der Waals surface area contributed by atoms with Gasteiger partial charge in [0, 0.05) is 17.8 Å². The largest absolute Gasteiger partial charge is 0.450 e. The van der Waals surface area contributed by atoms with Crippen molar-refractivity contribution in [1.82, 2.24) is 25.1 Å². The average molecular weight is 461 g/mol. The number of halogens is 3. The highest BCUT2D eigenvalue weighted by Gasteiger charge is 2.42. The first kappa shape index (κ1) is 21.3. The number of furan rings is 1. The molecule has 12 heteroatoms. The van der Waals surface area contributed by atoms with Crippen LogP contribution in [-0.4, -0.2) is 51.6 Å². The maximum absolute atomic E-state index is 14.1. The molecule has 33 heavy (non-hydrogen) atoms. The number of nitrogens with one attached hydrogen (secondary N) is 1. The number of hydrogen-bond acceptors (Lipinski definition) is 7. The smallest absolute Gasteiger partial charge is 0.421 e. The third kappa shape index (κ3) is 4.26. The summed E-state index contributed by atoms with van der Waals surface area (Å²) in [4.78, 5) is 20.4. The Hall–Kier alpha value is -3.51. The molecule has 3 aromatic heterocycles. The molecular formula is C21H18F3N5O4. The van der Waals surface area contributed by atoms with Crippen LogP contribution >= 0.6 is 0 Å². The Morgan fingerprint density at radius 1 is 1.24 bits per heavy atom. The van der Waals surface area contributed by atoms with E-state index in [0.29, 0.717) is 37.4 Å². The predicted molar refractivity (Wildman–Crippen MR) is 108 cm³/mol. The summed E-state index contributed by atoms with van der Waals surface area (Å²) in [6.07, 6.45) is -0.714. The summed E-state index contributed by atoms with van der Waals surface area (Å²) in [5.41, 5.74) is -0.705. The molecule has 0 radical (unpaired) electrons. The second-order valence-electron chi connectivity index (χ2n) is 7.48. The minimum atomic E-state index is -4.84. The second-order valence-corrected chi connectivity index (χ2v) is 7.48. The third-order valence-electron chi connectivity index (χ3n) is 5.22. The zero-order chi connectivity index (χ0) is 23.0. The van der Waals surface area contributed by atoms with Crippen LogP contribution < -0.4 is 5.32 Å². The number of amides is 1. The number of fused-ring (bicyclic) bond motifs is 3. The zero-order valence-corrected chi connectivity index (χ0v) is 17.1. The molecule has 0 aliphatic carbocycles. The lowest BCUT2D eigenvalue weighted by Crippen LogP contribution is -2.32. The number of nitrogens with zero attached hydrogens (tertiary/aromatic N) is 4. The summed E-state index contributed by atoms with van der Waals surface area (Å²) in [6, 6.07) is 4.55. The number of aromatic nitrogens is 4. The van der Waals surface area contributed by atoms with E-state index in [2.05, 4.69) is 20.4 Å². The van der Waals surface area contributed by atoms with Crippen LogP contribution in [0.25, 0.3) is 21.9 Å². The fraction of sp³-hybridized carbons (Fsp3) is 0.333. The Kier molecular flexibility index (Phi) is 5.46. The minimum absolute atomic E-state index is 0.0792. The SMILES string of the molecule is O=C(NCc1ccncn1)c1oc2ccc3cn(C[C@H]4COCCO4)nc3c2c1C(F)(F)F. The molecule has 4 aromatic rings. The van der Waals surface area contributed by atoms with Crippen molar-refractivity contribution >= 4 is 27.8 Å². The highest BCUT2D eigenvalue weighted by molar-refractivity contribution is 6.09. The molecule has 5 rings (SSSR count). The molecule has 0 spiro atoms. The zero-order valence-electron chi connectivity index (χ0n) is 17.1. The summed E-state index contributed by atoms with van der Waals surface area (Å²) in [5, 5.41) is 6.99. The summed E-state index contributed by atoms with van der Waals surface area (Å²) in [7, 11) is 0. The van der Waals surface area contributed by atoms with Crippen molar-refractivity contribution in [2.45, 2.75) is 25.4 Å². The molecule has 1 aromatic carbocycles. The molecule has 1 saturated heterocycles. The van der Waals surface area contributed by atoms with E-state index in [4.69, 9.17) is 13.9 Å². The van der Waals surface area contributed by atoms with Gasteiger partial charge in [0.2, 0.25) is 5.76 Å². The Morgan fingerprint density at radius 2 is 2.12 bits per heavy atom. The number of carbonyl (C=O) groups excluding carboxylic acids is 1. The van der Waals surface area contributed by atoms with Crippen molar-refractivity contribution in [2.75, 3.05) is 19.8 Å². The predicted octanol–water partition coefficient (Wildman–Crippen LogP) is 2.94. The van der Waals surface area contributed by atoms with Crippen LogP contribution in [0.15, 0.2) is 41.3 Å². The third-order valence-corrected chi connectivity index (χ3v) is 5.22. The number of rotatable bonds is 5. The molecule has 9 nitrogen and oxygen atoms in total. The van der Waals surface area contributed by atoms with E-state index >= 15 is 0 Å². The van der Waals surface area contributed by atoms with E-state index < -0.39 is 23.4 Å². The highest BCUT2D eigenvalue weighted by atomic mass is 19.4. The minimum Gasteiger partial charge on any atom is -0.450 e. The lowest BCUT2D eigenvalue weighted by Gasteiger charge is -2.22. The molecule has 1 N–H and O–H groups in total. The number of benzene rings is 1. The van der Waals surface area contributed by atoms with Crippen molar-refractivity contribution in [3.63, 3.8) is 0 Å². The molecular weight excluding hydrogens is 443 g/mol. The van der Waals surface area contributed by atoms with E-state index in [0.717, 1.165) is 0 Å². The maximum atomic E-state index is 14.1. The van der Waals surface area contributed by atoms with Crippen molar-refractivity contribution in [3.8, 4) is 0 Å². The van der Waals surface area contributed by atoms with Gasteiger partial charge in [0.25, 0.3) is 5.91 Å². The van der Waals surface area contributed by atoms with Gasteiger partial charge in [-0.05, 0) is 18.2 Å². The normalized spacial score (nSPS) is 17.0. The standard InChI is InChI=1S/C21H18F3N5O4/c22-21(23,24)17-16-15(33-19(17)20(30)26-7-13-3-4-25-11-27-13)2-1-12-8-29(28-18(12)16)9-14-10-31-5-6-32-14/h1-4,8,11,14H,5-7,9-10H2,(H,26,30)/t14-/m0/s1. The van der Waals surface area contributed by atoms with Gasteiger partial charge in [-0.1, -0.05) is 0 Å². The van der Waals surface area contributed by atoms with Crippen LogP contribution in [0.3, 0.4) is 0 Å².